The van der Waals surface area contributed by atoms with E-state index in [9.17, 15) is 0 Å². The normalized spacial score (nSPS) is 39.2. The van der Waals surface area contributed by atoms with Crippen molar-refractivity contribution in [3.63, 3.8) is 0 Å². The van der Waals surface area contributed by atoms with Crippen molar-refractivity contribution >= 4 is 18.3 Å². The van der Waals surface area contributed by atoms with Crippen LogP contribution in [0.1, 0.15) is 20.8 Å². The maximum Gasteiger partial charge on any atom is 0.0644 e. The highest BCUT2D eigenvalue weighted by molar-refractivity contribution is 7.82. The molecule has 2 aliphatic rings. The van der Waals surface area contributed by atoms with Crippen LogP contribution in [0.5, 0.6) is 0 Å². The summed E-state index contributed by atoms with van der Waals surface area (Å²) < 4.78 is -0.160. The number of hydrogen-bond acceptors (Lipinski definition) is 2. The lowest BCUT2D eigenvalue weighted by Crippen LogP contribution is -2.18. The Balaban J connectivity index is 2.42. The number of hydrogen-bond donors (Lipinski definition) is 1. The van der Waals surface area contributed by atoms with E-state index in [0.29, 0.717) is 12.0 Å². The summed E-state index contributed by atoms with van der Waals surface area (Å²) in [6.07, 6.45) is 10.7. The third kappa shape index (κ3) is 2.25. The maximum absolute atomic E-state index is 4.69. The van der Waals surface area contributed by atoms with Gasteiger partial charge in [-0.3, -0.25) is 4.99 Å². The first-order valence-corrected chi connectivity index (χ1v) is 5.83. The number of dihydropyridines is 1. The van der Waals surface area contributed by atoms with Crippen LogP contribution in [0.15, 0.2) is 40.9 Å². The van der Waals surface area contributed by atoms with Crippen molar-refractivity contribution in [2.45, 2.75) is 31.6 Å². The predicted molar refractivity (Wildman–Crippen MR) is 69.8 cm³/mol. The molecule has 0 aromatic rings. The summed E-state index contributed by atoms with van der Waals surface area (Å²) in [5.74, 6) is 0.520. The quantitative estimate of drug-likeness (QED) is 0.601. The number of aliphatic imine (C=N–C) groups is 1. The smallest absolute Gasteiger partial charge is 0.0644 e. The fraction of sp³-hybridized carbons (Fsp3) is 0.462. The number of rotatable bonds is 0. The van der Waals surface area contributed by atoms with E-state index in [-0.39, 0.29) is 4.75 Å². The first-order chi connectivity index (χ1) is 6.98. The van der Waals surface area contributed by atoms with Crippen molar-refractivity contribution in [1.82, 2.24) is 0 Å². The van der Waals surface area contributed by atoms with E-state index in [0.717, 1.165) is 5.71 Å². The predicted octanol–water partition coefficient (Wildman–Crippen LogP) is 3.21. The molecule has 0 aromatic heterocycles. The van der Waals surface area contributed by atoms with Crippen molar-refractivity contribution < 1.29 is 0 Å². The minimum absolute atomic E-state index is 0.160. The Morgan fingerprint density at radius 1 is 1.27 bits per heavy atom. The Morgan fingerprint density at radius 3 is 2.67 bits per heavy atom. The first-order valence-electron chi connectivity index (χ1n) is 5.39. The third-order valence-electron chi connectivity index (χ3n) is 3.02. The lowest BCUT2D eigenvalue weighted by molar-refractivity contribution is 0.577. The van der Waals surface area contributed by atoms with E-state index in [1.807, 2.05) is 0 Å². The molecule has 1 heterocycles. The van der Waals surface area contributed by atoms with Crippen molar-refractivity contribution in [2.24, 2.45) is 10.9 Å². The fourth-order valence-electron chi connectivity index (χ4n) is 1.76. The summed E-state index contributed by atoms with van der Waals surface area (Å²) in [7, 11) is 0. The van der Waals surface area contributed by atoms with E-state index in [1.54, 1.807) is 0 Å². The molecule has 15 heavy (non-hydrogen) atoms. The summed E-state index contributed by atoms with van der Waals surface area (Å²) in [5.41, 5.74) is 2.32. The molecule has 0 fully saturated rings. The first kappa shape index (κ1) is 10.7. The molecule has 80 valence electrons. The number of allylic oxidation sites excluding steroid dienone is 3. The largest absolute Gasteiger partial charge is 0.281 e. The lowest BCUT2D eigenvalue weighted by atomic mass is 9.94. The summed E-state index contributed by atoms with van der Waals surface area (Å²) in [6.45, 7) is 6.45. The molecule has 3 atom stereocenters. The molecule has 0 bridgehead atoms. The van der Waals surface area contributed by atoms with Crippen LogP contribution in [0.3, 0.4) is 0 Å². The van der Waals surface area contributed by atoms with Gasteiger partial charge in [-0.1, -0.05) is 31.2 Å². The van der Waals surface area contributed by atoms with E-state index in [2.05, 4.69) is 68.8 Å². The molecule has 0 N–H and O–H groups in total. The zero-order chi connectivity index (χ0) is 11.1. The summed E-state index contributed by atoms with van der Waals surface area (Å²) in [5, 5.41) is 0. The molecule has 2 rings (SSSR count). The van der Waals surface area contributed by atoms with Gasteiger partial charge in [-0.05, 0) is 31.4 Å². The summed E-state index contributed by atoms with van der Waals surface area (Å²) in [4.78, 5) is 4.69. The number of thiol groups is 1. The highest BCUT2D eigenvalue weighted by atomic mass is 32.1. The van der Waals surface area contributed by atoms with Gasteiger partial charge in [0.15, 0.2) is 0 Å². The Bertz CT molecular complexity index is 349. The molecule has 3 unspecified atom stereocenters. The lowest BCUT2D eigenvalue weighted by Gasteiger charge is -2.20. The average molecular weight is 219 g/mol. The molecule has 2 heteroatoms. The van der Waals surface area contributed by atoms with Crippen LogP contribution in [0.4, 0.5) is 0 Å². The van der Waals surface area contributed by atoms with E-state index in [1.165, 1.54) is 5.57 Å². The zero-order valence-corrected chi connectivity index (χ0v) is 10.3. The van der Waals surface area contributed by atoms with Crippen LogP contribution < -0.4 is 0 Å². The SMILES string of the molecule is CC1C=C2C=CC(C)(S)C=CC2=NC1C. The minimum atomic E-state index is -0.160. The maximum atomic E-state index is 4.69. The Morgan fingerprint density at radius 2 is 1.93 bits per heavy atom. The molecule has 1 aliphatic carbocycles. The van der Waals surface area contributed by atoms with Gasteiger partial charge in [-0.2, -0.15) is 12.6 Å². The molecule has 0 aromatic carbocycles. The standard InChI is InChI=1S/C13H17NS/c1-9-8-11-4-6-13(3,15)7-5-12(11)14-10(9)2/h4-10,15H,1-3H3. The van der Waals surface area contributed by atoms with Gasteiger partial charge >= 0.3 is 0 Å². The number of fused-ring (bicyclic) bond motifs is 1. The molecule has 0 saturated carbocycles. The van der Waals surface area contributed by atoms with Gasteiger partial charge in [-0.15, -0.1) is 0 Å². The summed E-state index contributed by atoms with van der Waals surface area (Å²) >= 11 is 4.56. The highest BCUT2D eigenvalue weighted by Gasteiger charge is 2.21. The van der Waals surface area contributed by atoms with E-state index in [4.69, 9.17) is 0 Å². The second-order valence-corrected chi connectivity index (χ2v) is 5.59. The van der Waals surface area contributed by atoms with Gasteiger partial charge in [0, 0.05) is 4.75 Å². The highest BCUT2D eigenvalue weighted by Crippen LogP contribution is 2.26. The van der Waals surface area contributed by atoms with Crippen molar-refractivity contribution in [2.75, 3.05) is 0 Å². The molecule has 0 spiro atoms. The van der Waals surface area contributed by atoms with Crippen LogP contribution in [-0.4, -0.2) is 16.5 Å². The number of nitrogens with zero attached hydrogens (tertiary/aromatic N) is 1. The second-order valence-electron chi connectivity index (χ2n) is 4.63. The van der Waals surface area contributed by atoms with Gasteiger partial charge in [0.2, 0.25) is 0 Å². The van der Waals surface area contributed by atoms with Gasteiger partial charge in [0.1, 0.15) is 0 Å². The third-order valence-corrected chi connectivity index (χ3v) is 3.32. The van der Waals surface area contributed by atoms with E-state index < -0.39 is 0 Å². The van der Waals surface area contributed by atoms with Crippen LogP contribution >= 0.6 is 12.6 Å². The molecule has 1 nitrogen and oxygen atoms in total. The molecule has 0 radical (unpaired) electrons. The Labute approximate surface area is 97.1 Å². The average Bonchev–Trinajstić information content (AvgIpc) is 2.29. The molecule has 0 saturated heterocycles. The van der Waals surface area contributed by atoms with Gasteiger partial charge in [0.25, 0.3) is 0 Å². The van der Waals surface area contributed by atoms with E-state index >= 15 is 0 Å². The second kappa shape index (κ2) is 3.67. The molecular weight excluding hydrogens is 202 g/mol. The monoisotopic (exact) mass is 219 g/mol. The van der Waals surface area contributed by atoms with Crippen molar-refractivity contribution in [3.05, 3.63) is 36.0 Å². The van der Waals surface area contributed by atoms with Crippen molar-refractivity contribution in [1.29, 1.82) is 0 Å². The zero-order valence-electron chi connectivity index (χ0n) is 9.44. The Hall–Kier alpha value is -0.760. The van der Waals surface area contributed by atoms with Gasteiger partial charge in [-0.25, -0.2) is 0 Å². The van der Waals surface area contributed by atoms with Crippen LogP contribution in [-0.2, 0) is 0 Å². The van der Waals surface area contributed by atoms with Gasteiger partial charge in [0.05, 0.1) is 11.8 Å². The minimum Gasteiger partial charge on any atom is -0.281 e. The van der Waals surface area contributed by atoms with Crippen LogP contribution in [0, 0.1) is 5.92 Å². The molecular formula is C13H17NS. The van der Waals surface area contributed by atoms with Gasteiger partial charge < -0.3 is 0 Å². The van der Waals surface area contributed by atoms with Crippen LogP contribution in [0.25, 0.3) is 0 Å². The summed E-state index contributed by atoms with van der Waals surface area (Å²) in [6, 6.07) is 0.381. The topological polar surface area (TPSA) is 12.4 Å². The molecule has 1 aliphatic heterocycles. The fourth-order valence-corrected chi connectivity index (χ4v) is 1.91. The Kier molecular flexibility index (Phi) is 2.63. The molecule has 0 amide bonds. The van der Waals surface area contributed by atoms with Crippen LogP contribution in [0.2, 0.25) is 0 Å². The van der Waals surface area contributed by atoms with Crippen molar-refractivity contribution in [3.8, 4) is 0 Å².